The molecular formula is C13H18FIN2O. The monoisotopic (exact) mass is 364 g/mol. The van der Waals surface area contributed by atoms with E-state index in [1.807, 2.05) is 36.7 Å². The van der Waals surface area contributed by atoms with E-state index < -0.39 is 0 Å². The average Bonchev–Trinajstić information content (AvgIpc) is 2.27. The summed E-state index contributed by atoms with van der Waals surface area (Å²) in [5.74, 6) is -0.371. The van der Waals surface area contributed by atoms with Gasteiger partial charge < -0.3 is 9.80 Å². The predicted octanol–water partition coefficient (Wildman–Crippen LogP) is 2.45. The largest absolute Gasteiger partial charge is 0.342 e. The zero-order valence-corrected chi connectivity index (χ0v) is 13.1. The number of rotatable bonds is 5. The Balaban J connectivity index is 2.63. The number of hydrogen-bond acceptors (Lipinski definition) is 2. The molecule has 0 saturated carbocycles. The van der Waals surface area contributed by atoms with Crippen molar-refractivity contribution in [2.45, 2.75) is 6.42 Å². The number of hydrogen-bond donors (Lipinski definition) is 0. The molecule has 3 nitrogen and oxygen atoms in total. The Kier molecular flexibility index (Phi) is 6.01. The van der Waals surface area contributed by atoms with E-state index >= 15 is 0 Å². The predicted molar refractivity (Wildman–Crippen MR) is 79.2 cm³/mol. The van der Waals surface area contributed by atoms with E-state index in [0.717, 1.165) is 13.0 Å². The van der Waals surface area contributed by atoms with Gasteiger partial charge in [-0.15, -0.1) is 0 Å². The summed E-state index contributed by atoms with van der Waals surface area (Å²) in [6.07, 6.45) is 0.924. The second-order valence-corrected chi connectivity index (χ2v) is 5.67. The van der Waals surface area contributed by atoms with Crippen LogP contribution in [-0.4, -0.2) is 49.9 Å². The van der Waals surface area contributed by atoms with Crippen LogP contribution in [0.25, 0.3) is 0 Å². The smallest absolute Gasteiger partial charge is 0.254 e. The SMILES string of the molecule is CN(C)CCCN(C)C(=O)c1ccc(F)cc1I. The summed E-state index contributed by atoms with van der Waals surface area (Å²) in [7, 11) is 5.78. The molecule has 0 aliphatic carbocycles. The minimum atomic E-state index is -0.314. The fraction of sp³-hybridized carbons (Fsp3) is 0.462. The quantitative estimate of drug-likeness (QED) is 0.750. The third-order valence-corrected chi connectivity index (χ3v) is 3.50. The highest BCUT2D eigenvalue weighted by atomic mass is 127. The number of halogens is 2. The summed E-state index contributed by atoms with van der Waals surface area (Å²) < 4.78 is 13.6. The molecular weight excluding hydrogens is 346 g/mol. The second kappa shape index (κ2) is 7.04. The molecule has 1 aromatic rings. The van der Waals surface area contributed by atoms with Gasteiger partial charge in [0.05, 0.1) is 5.56 Å². The Morgan fingerprint density at radius 3 is 2.50 bits per heavy atom. The lowest BCUT2D eigenvalue weighted by Crippen LogP contribution is -2.30. The van der Waals surface area contributed by atoms with Crippen LogP contribution >= 0.6 is 22.6 Å². The normalized spacial score (nSPS) is 10.8. The molecule has 100 valence electrons. The Morgan fingerprint density at radius 1 is 1.28 bits per heavy atom. The minimum Gasteiger partial charge on any atom is -0.342 e. The van der Waals surface area contributed by atoms with Crippen molar-refractivity contribution in [2.24, 2.45) is 0 Å². The first-order valence-electron chi connectivity index (χ1n) is 5.77. The average molecular weight is 364 g/mol. The summed E-state index contributed by atoms with van der Waals surface area (Å²) in [5, 5.41) is 0. The van der Waals surface area contributed by atoms with Crippen LogP contribution in [0.3, 0.4) is 0 Å². The van der Waals surface area contributed by atoms with Crippen molar-refractivity contribution in [1.82, 2.24) is 9.80 Å². The number of amides is 1. The van der Waals surface area contributed by atoms with Crippen molar-refractivity contribution in [3.05, 3.63) is 33.1 Å². The highest BCUT2D eigenvalue weighted by Crippen LogP contribution is 2.15. The molecule has 0 N–H and O–H groups in total. The van der Waals surface area contributed by atoms with Crippen molar-refractivity contribution in [1.29, 1.82) is 0 Å². The molecule has 0 bridgehead atoms. The van der Waals surface area contributed by atoms with Gasteiger partial charge in [-0.1, -0.05) is 0 Å². The van der Waals surface area contributed by atoms with Gasteiger partial charge in [0.1, 0.15) is 5.82 Å². The molecule has 0 heterocycles. The fourth-order valence-electron chi connectivity index (χ4n) is 1.59. The Morgan fingerprint density at radius 2 is 1.94 bits per heavy atom. The maximum Gasteiger partial charge on any atom is 0.254 e. The molecule has 1 amide bonds. The molecule has 0 aliphatic rings. The van der Waals surface area contributed by atoms with Gasteiger partial charge >= 0.3 is 0 Å². The van der Waals surface area contributed by atoms with Crippen LogP contribution in [0.5, 0.6) is 0 Å². The van der Waals surface area contributed by atoms with Gasteiger partial charge in [0.15, 0.2) is 0 Å². The van der Waals surface area contributed by atoms with Gasteiger partial charge in [0, 0.05) is 17.2 Å². The van der Waals surface area contributed by atoms with Crippen molar-refractivity contribution >= 4 is 28.5 Å². The molecule has 0 saturated heterocycles. The highest BCUT2D eigenvalue weighted by molar-refractivity contribution is 14.1. The van der Waals surface area contributed by atoms with E-state index in [9.17, 15) is 9.18 Å². The molecule has 5 heteroatoms. The first-order chi connectivity index (χ1) is 8.41. The van der Waals surface area contributed by atoms with Crippen LogP contribution in [0.1, 0.15) is 16.8 Å². The van der Waals surface area contributed by atoms with Crippen LogP contribution in [0, 0.1) is 9.39 Å². The number of carbonyl (C=O) groups excluding carboxylic acids is 1. The maximum atomic E-state index is 13.0. The van der Waals surface area contributed by atoms with E-state index in [2.05, 4.69) is 4.90 Å². The van der Waals surface area contributed by atoms with Gasteiger partial charge in [0.25, 0.3) is 5.91 Å². The molecule has 1 rings (SSSR count). The highest BCUT2D eigenvalue weighted by Gasteiger charge is 2.14. The van der Waals surface area contributed by atoms with Crippen molar-refractivity contribution in [2.75, 3.05) is 34.2 Å². The lowest BCUT2D eigenvalue weighted by Gasteiger charge is -2.19. The van der Waals surface area contributed by atoms with Crippen LogP contribution in [0.15, 0.2) is 18.2 Å². The zero-order chi connectivity index (χ0) is 13.7. The topological polar surface area (TPSA) is 23.6 Å². The zero-order valence-electron chi connectivity index (χ0n) is 10.9. The Bertz CT molecular complexity index is 423. The minimum absolute atomic E-state index is 0.0573. The molecule has 0 atom stereocenters. The van der Waals surface area contributed by atoms with E-state index in [1.165, 1.54) is 12.1 Å². The van der Waals surface area contributed by atoms with E-state index in [0.29, 0.717) is 15.7 Å². The number of carbonyl (C=O) groups is 1. The molecule has 0 aliphatic heterocycles. The second-order valence-electron chi connectivity index (χ2n) is 4.51. The van der Waals surface area contributed by atoms with Crippen LogP contribution in [0.2, 0.25) is 0 Å². The lowest BCUT2D eigenvalue weighted by molar-refractivity contribution is 0.0789. The first-order valence-corrected chi connectivity index (χ1v) is 6.85. The fourth-order valence-corrected chi connectivity index (χ4v) is 2.30. The summed E-state index contributed by atoms with van der Waals surface area (Å²) in [4.78, 5) is 15.9. The van der Waals surface area contributed by atoms with E-state index in [1.54, 1.807) is 18.0 Å². The molecule has 0 radical (unpaired) electrons. The Labute approximate surface area is 121 Å². The van der Waals surface area contributed by atoms with Gasteiger partial charge in [-0.3, -0.25) is 4.79 Å². The van der Waals surface area contributed by atoms with Crippen LogP contribution in [-0.2, 0) is 0 Å². The third-order valence-electron chi connectivity index (χ3n) is 2.61. The molecule has 0 fully saturated rings. The Hall–Kier alpha value is -0.690. The number of benzene rings is 1. The van der Waals surface area contributed by atoms with E-state index in [4.69, 9.17) is 0 Å². The van der Waals surface area contributed by atoms with Crippen LogP contribution < -0.4 is 0 Å². The molecule has 0 unspecified atom stereocenters. The standard InChI is InChI=1S/C13H18FIN2O/c1-16(2)7-4-8-17(3)13(18)11-6-5-10(14)9-12(11)15/h5-6,9H,4,7-8H2,1-3H3. The lowest BCUT2D eigenvalue weighted by atomic mass is 10.2. The molecule has 0 aromatic heterocycles. The van der Waals surface area contributed by atoms with Gasteiger partial charge in [-0.05, 0) is 67.9 Å². The van der Waals surface area contributed by atoms with Gasteiger partial charge in [-0.2, -0.15) is 0 Å². The van der Waals surface area contributed by atoms with Gasteiger partial charge in [-0.25, -0.2) is 4.39 Å². The number of nitrogens with zero attached hydrogens (tertiary/aromatic N) is 2. The van der Waals surface area contributed by atoms with E-state index in [-0.39, 0.29) is 11.7 Å². The van der Waals surface area contributed by atoms with Gasteiger partial charge in [0.2, 0.25) is 0 Å². The molecule has 1 aromatic carbocycles. The van der Waals surface area contributed by atoms with Crippen LogP contribution in [0.4, 0.5) is 4.39 Å². The summed E-state index contributed by atoms with van der Waals surface area (Å²) in [6.45, 7) is 1.64. The maximum absolute atomic E-state index is 13.0. The molecule has 18 heavy (non-hydrogen) atoms. The molecule has 0 spiro atoms. The summed E-state index contributed by atoms with van der Waals surface area (Å²) >= 11 is 1.99. The third kappa shape index (κ3) is 4.53. The van der Waals surface area contributed by atoms with Crippen molar-refractivity contribution < 1.29 is 9.18 Å². The summed E-state index contributed by atoms with van der Waals surface area (Å²) in [5.41, 5.74) is 0.560. The first kappa shape index (κ1) is 15.4. The summed E-state index contributed by atoms with van der Waals surface area (Å²) in [6, 6.07) is 4.24. The van der Waals surface area contributed by atoms with Crippen molar-refractivity contribution in [3.63, 3.8) is 0 Å². The van der Waals surface area contributed by atoms with Crippen molar-refractivity contribution in [3.8, 4) is 0 Å².